The van der Waals surface area contributed by atoms with E-state index in [2.05, 4.69) is 16.8 Å². The monoisotopic (exact) mass is 251 g/mol. The highest BCUT2D eigenvalue weighted by atomic mass is 32.1. The number of aliphatic hydroxyl groups is 1. The summed E-state index contributed by atoms with van der Waals surface area (Å²) in [6.45, 7) is 3.74. The van der Waals surface area contributed by atoms with E-state index in [1.165, 1.54) is 0 Å². The van der Waals surface area contributed by atoms with E-state index in [4.69, 9.17) is 10.8 Å². The van der Waals surface area contributed by atoms with Crippen molar-refractivity contribution in [2.45, 2.75) is 13.3 Å². The van der Waals surface area contributed by atoms with Gasteiger partial charge in [0.15, 0.2) is 0 Å². The maximum absolute atomic E-state index is 9.09. The number of nitrogens with zero attached hydrogens (tertiary/aromatic N) is 2. The van der Waals surface area contributed by atoms with Crippen LogP contribution in [0.15, 0.2) is 17.6 Å². The average molecular weight is 251 g/mol. The lowest BCUT2D eigenvalue weighted by molar-refractivity contribution is 0.302. The first-order valence-electron chi connectivity index (χ1n) is 5.75. The molecule has 2 rings (SSSR count). The summed E-state index contributed by atoms with van der Waals surface area (Å²) in [6, 6.07) is 4.06. The molecule has 0 aliphatic carbocycles. The van der Waals surface area contributed by atoms with Gasteiger partial charge in [0, 0.05) is 13.1 Å². The van der Waals surface area contributed by atoms with Gasteiger partial charge in [-0.1, -0.05) is 6.92 Å². The van der Waals surface area contributed by atoms with Crippen molar-refractivity contribution in [2.75, 3.05) is 30.3 Å². The first kappa shape index (κ1) is 12.1. The molecule has 1 aromatic carbocycles. The molecule has 0 fully saturated rings. The van der Waals surface area contributed by atoms with Gasteiger partial charge < -0.3 is 15.7 Å². The number of nitrogen functional groups attached to an aromatic ring is 1. The van der Waals surface area contributed by atoms with Crippen LogP contribution in [0.4, 0.5) is 11.4 Å². The first-order valence-corrected chi connectivity index (χ1v) is 6.63. The Morgan fingerprint density at radius 1 is 1.41 bits per heavy atom. The zero-order chi connectivity index (χ0) is 12.3. The maximum Gasteiger partial charge on any atom is 0.106 e. The number of anilines is 2. The number of fused-ring (bicyclic) bond motifs is 1. The fourth-order valence-electron chi connectivity index (χ4n) is 1.96. The maximum atomic E-state index is 9.09. The van der Waals surface area contributed by atoms with Crippen molar-refractivity contribution in [1.29, 1.82) is 0 Å². The Labute approximate surface area is 105 Å². The molecular formula is C12H17N3OS. The van der Waals surface area contributed by atoms with Gasteiger partial charge in [-0.05, 0) is 18.6 Å². The quantitative estimate of drug-likeness (QED) is 0.799. The van der Waals surface area contributed by atoms with Crippen molar-refractivity contribution in [3.8, 4) is 0 Å². The molecule has 0 aliphatic heterocycles. The number of hydrogen-bond donors (Lipinski definition) is 2. The van der Waals surface area contributed by atoms with Crippen molar-refractivity contribution in [2.24, 2.45) is 0 Å². The molecule has 0 bridgehead atoms. The van der Waals surface area contributed by atoms with Crippen molar-refractivity contribution >= 4 is 32.9 Å². The third-order valence-corrected chi connectivity index (χ3v) is 3.52. The van der Waals surface area contributed by atoms with Crippen LogP contribution in [-0.4, -0.2) is 29.8 Å². The second-order valence-corrected chi connectivity index (χ2v) is 4.79. The van der Waals surface area contributed by atoms with Gasteiger partial charge in [0.25, 0.3) is 0 Å². The predicted molar refractivity (Wildman–Crippen MR) is 73.6 cm³/mol. The van der Waals surface area contributed by atoms with Crippen molar-refractivity contribution in [3.05, 3.63) is 17.6 Å². The van der Waals surface area contributed by atoms with Crippen LogP contribution >= 0.6 is 11.3 Å². The second-order valence-electron chi connectivity index (χ2n) is 3.91. The predicted octanol–water partition coefficient (Wildman–Crippen LogP) is 2.09. The topological polar surface area (TPSA) is 62.4 Å². The highest BCUT2D eigenvalue weighted by Gasteiger charge is 2.12. The van der Waals surface area contributed by atoms with E-state index < -0.39 is 0 Å². The minimum absolute atomic E-state index is 0.133. The third-order valence-electron chi connectivity index (χ3n) is 2.72. The molecule has 1 aromatic heterocycles. The molecule has 5 heteroatoms. The number of thiazole rings is 1. The summed E-state index contributed by atoms with van der Waals surface area (Å²) in [6.07, 6.45) is 1.02. The number of aromatic nitrogens is 1. The second kappa shape index (κ2) is 5.33. The van der Waals surface area contributed by atoms with Gasteiger partial charge in [-0.3, -0.25) is 0 Å². The minimum atomic E-state index is 0.133. The van der Waals surface area contributed by atoms with Crippen LogP contribution in [0, 0.1) is 0 Å². The van der Waals surface area contributed by atoms with Crippen LogP contribution < -0.4 is 10.6 Å². The largest absolute Gasteiger partial charge is 0.395 e. The molecule has 0 unspecified atom stereocenters. The van der Waals surface area contributed by atoms with Gasteiger partial charge in [0.2, 0.25) is 0 Å². The van der Waals surface area contributed by atoms with E-state index in [1.807, 2.05) is 12.1 Å². The SMILES string of the molecule is CCCN(CCO)c1ccc2scnc2c1N. The van der Waals surface area contributed by atoms with Crippen LogP contribution in [-0.2, 0) is 0 Å². The Morgan fingerprint density at radius 3 is 2.94 bits per heavy atom. The molecule has 0 atom stereocenters. The van der Waals surface area contributed by atoms with E-state index >= 15 is 0 Å². The van der Waals surface area contributed by atoms with Crippen LogP contribution in [0.2, 0.25) is 0 Å². The summed E-state index contributed by atoms with van der Waals surface area (Å²) in [7, 11) is 0. The molecule has 92 valence electrons. The molecule has 17 heavy (non-hydrogen) atoms. The Bertz CT molecular complexity index is 491. The van der Waals surface area contributed by atoms with Crippen LogP contribution in [0.25, 0.3) is 10.2 Å². The van der Waals surface area contributed by atoms with E-state index in [-0.39, 0.29) is 6.61 Å². The van der Waals surface area contributed by atoms with E-state index in [0.717, 1.165) is 28.9 Å². The lowest BCUT2D eigenvalue weighted by Gasteiger charge is -2.24. The van der Waals surface area contributed by atoms with Crippen molar-refractivity contribution in [3.63, 3.8) is 0 Å². The highest BCUT2D eigenvalue weighted by Crippen LogP contribution is 2.32. The fourth-order valence-corrected chi connectivity index (χ4v) is 2.65. The van der Waals surface area contributed by atoms with Gasteiger partial charge in [0.1, 0.15) is 5.52 Å². The molecular weight excluding hydrogens is 234 g/mol. The summed E-state index contributed by atoms with van der Waals surface area (Å²) in [5.74, 6) is 0. The molecule has 3 N–H and O–H groups in total. The third kappa shape index (κ3) is 2.35. The fraction of sp³-hybridized carbons (Fsp3) is 0.417. The molecule has 0 spiro atoms. The summed E-state index contributed by atoms with van der Waals surface area (Å²) < 4.78 is 1.10. The Morgan fingerprint density at radius 2 is 2.24 bits per heavy atom. The molecule has 0 aliphatic rings. The number of aliphatic hydroxyl groups excluding tert-OH is 1. The Kier molecular flexibility index (Phi) is 3.81. The van der Waals surface area contributed by atoms with Crippen molar-refractivity contribution in [1.82, 2.24) is 4.98 Å². The molecule has 0 saturated carbocycles. The van der Waals surface area contributed by atoms with Crippen molar-refractivity contribution < 1.29 is 5.11 Å². The summed E-state index contributed by atoms with van der Waals surface area (Å²) >= 11 is 1.59. The number of nitrogens with two attached hydrogens (primary N) is 1. The normalized spacial score (nSPS) is 10.9. The Hall–Kier alpha value is -1.33. The van der Waals surface area contributed by atoms with E-state index in [0.29, 0.717) is 12.2 Å². The number of rotatable bonds is 5. The molecule has 2 aromatic rings. The van der Waals surface area contributed by atoms with Crippen LogP contribution in [0.1, 0.15) is 13.3 Å². The molecule has 0 saturated heterocycles. The summed E-state index contributed by atoms with van der Waals surface area (Å²) in [5.41, 5.74) is 10.5. The lowest BCUT2D eigenvalue weighted by atomic mass is 10.2. The van der Waals surface area contributed by atoms with E-state index in [9.17, 15) is 0 Å². The standard InChI is InChI=1S/C12H17N3OS/c1-2-5-15(6-7-16)9-3-4-10-12(11(9)13)14-8-17-10/h3-4,8,16H,2,5-7,13H2,1H3. The van der Waals surface area contributed by atoms with Gasteiger partial charge in [-0.25, -0.2) is 4.98 Å². The molecule has 4 nitrogen and oxygen atoms in total. The number of hydrogen-bond acceptors (Lipinski definition) is 5. The zero-order valence-electron chi connectivity index (χ0n) is 9.89. The summed E-state index contributed by atoms with van der Waals surface area (Å²) in [4.78, 5) is 6.39. The highest BCUT2D eigenvalue weighted by molar-refractivity contribution is 7.16. The molecule has 1 heterocycles. The van der Waals surface area contributed by atoms with Gasteiger partial charge in [0.05, 0.1) is 28.2 Å². The molecule has 0 amide bonds. The first-order chi connectivity index (χ1) is 8.27. The van der Waals surface area contributed by atoms with E-state index in [1.54, 1.807) is 16.8 Å². The van der Waals surface area contributed by atoms with Crippen LogP contribution in [0.3, 0.4) is 0 Å². The number of benzene rings is 1. The smallest absolute Gasteiger partial charge is 0.106 e. The summed E-state index contributed by atoms with van der Waals surface area (Å²) in [5, 5.41) is 9.09. The van der Waals surface area contributed by atoms with Gasteiger partial charge in [-0.2, -0.15) is 0 Å². The lowest BCUT2D eigenvalue weighted by Crippen LogP contribution is -2.28. The zero-order valence-corrected chi connectivity index (χ0v) is 10.7. The minimum Gasteiger partial charge on any atom is -0.395 e. The molecule has 0 radical (unpaired) electrons. The average Bonchev–Trinajstić information content (AvgIpc) is 2.78. The Balaban J connectivity index is 2.41. The van der Waals surface area contributed by atoms with Gasteiger partial charge >= 0.3 is 0 Å². The van der Waals surface area contributed by atoms with Gasteiger partial charge in [-0.15, -0.1) is 11.3 Å². The van der Waals surface area contributed by atoms with Crippen LogP contribution in [0.5, 0.6) is 0 Å².